The summed E-state index contributed by atoms with van der Waals surface area (Å²) in [6, 6.07) is 6.11. The molecule has 0 fully saturated rings. The highest BCUT2D eigenvalue weighted by Gasteiger charge is 2.07. The lowest BCUT2D eigenvalue weighted by Gasteiger charge is -2.10. The number of para-hydroxylation sites is 1. The molecule has 0 atom stereocenters. The van der Waals surface area contributed by atoms with Crippen LogP contribution in [0.2, 0.25) is 0 Å². The molecule has 0 bridgehead atoms. The van der Waals surface area contributed by atoms with E-state index >= 15 is 0 Å². The third-order valence-corrected chi connectivity index (χ3v) is 2.25. The summed E-state index contributed by atoms with van der Waals surface area (Å²) in [7, 11) is 0. The number of hydrogen-bond donors (Lipinski definition) is 1. The van der Waals surface area contributed by atoms with Gasteiger partial charge in [-0.05, 0) is 25.0 Å². The predicted octanol–water partition coefficient (Wildman–Crippen LogP) is 1.47. The number of anilines is 1. The van der Waals surface area contributed by atoms with Gasteiger partial charge in [0.2, 0.25) is 5.95 Å². The van der Waals surface area contributed by atoms with Crippen molar-refractivity contribution in [2.75, 3.05) is 5.73 Å². The zero-order chi connectivity index (χ0) is 10.1. The Morgan fingerprint density at radius 1 is 1.21 bits per heavy atom. The van der Waals surface area contributed by atoms with Crippen LogP contribution in [0.1, 0.15) is 11.1 Å². The Kier molecular flexibility index (Phi) is 1.96. The molecule has 1 aromatic heterocycles. The first kappa shape index (κ1) is 8.74. The van der Waals surface area contributed by atoms with Crippen LogP contribution in [0.4, 0.5) is 5.95 Å². The first-order valence-corrected chi connectivity index (χ1v) is 4.42. The maximum absolute atomic E-state index is 5.70. The lowest BCUT2D eigenvalue weighted by Crippen LogP contribution is -2.03. The van der Waals surface area contributed by atoms with E-state index in [4.69, 9.17) is 5.73 Å². The smallest absolute Gasteiger partial charge is 0.226 e. The van der Waals surface area contributed by atoms with E-state index in [9.17, 15) is 0 Å². The van der Waals surface area contributed by atoms with Gasteiger partial charge in [0.25, 0.3) is 0 Å². The molecule has 0 amide bonds. The summed E-state index contributed by atoms with van der Waals surface area (Å²) in [6.07, 6.45) is 1.63. The Morgan fingerprint density at radius 3 is 2.36 bits per heavy atom. The number of aromatic nitrogens is 3. The van der Waals surface area contributed by atoms with E-state index in [2.05, 4.69) is 10.2 Å². The molecule has 0 saturated heterocycles. The van der Waals surface area contributed by atoms with Gasteiger partial charge in [0.05, 0.1) is 5.69 Å². The van der Waals surface area contributed by atoms with Gasteiger partial charge >= 0.3 is 0 Å². The first-order chi connectivity index (χ1) is 6.70. The Hall–Kier alpha value is -1.84. The molecule has 0 aliphatic carbocycles. The summed E-state index contributed by atoms with van der Waals surface area (Å²) in [6.45, 7) is 4.09. The van der Waals surface area contributed by atoms with Crippen LogP contribution < -0.4 is 5.73 Å². The molecule has 72 valence electrons. The molecule has 14 heavy (non-hydrogen) atoms. The fourth-order valence-corrected chi connectivity index (χ4v) is 1.60. The third kappa shape index (κ3) is 1.25. The molecule has 4 nitrogen and oxygen atoms in total. The Morgan fingerprint density at radius 2 is 1.86 bits per heavy atom. The zero-order valence-electron chi connectivity index (χ0n) is 8.23. The van der Waals surface area contributed by atoms with E-state index in [1.807, 2.05) is 32.0 Å². The highest BCUT2D eigenvalue weighted by molar-refractivity contribution is 5.49. The number of nitrogens with zero attached hydrogens (tertiary/aromatic N) is 3. The Labute approximate surface area is 82.4 Å². The molecule has 4 heteroatoms. The minimum atomic E-state index is 0.419. The van der Waals surface area contributed by atoms with E-state index in [0.29, 0.717) is 5.95 Å². The van der Waals surface area contributed by atoms with Crippen molar-refractivity contribution in [3.05, 3.63) is 35.7 Å². The number of nitrogens with two attached hydrogens (primary N) is 1. The second-order valence-corrected chi connectivity index (χ2v) is 3.30. The van der Waals surface area contributed by atoms with Crippen molar-refractivity contribution in [1.29, 1.82) is 0 Å². The van der Waals surface area contributed by atoms with E-state index in [-0.39, 0.29) is 0 Å². The van der Waals surface area contributed by atoms with Crippen LogP contribution in [0, 0.1) is 13.8 Å². The van der Waals surface area contributed by atoms with Gasteiger partial charge in [0, 0.05) is 0 Å². The quantitative estimate of drug-likeness (QED) is 0.737. The number of benzene rings is 1. The van der Waals surface area contributed by atoms with E-state index < -0.39 is 0 Å². The summed E-state index contributed by atoms with van der Waals surface area (Å²) >= 11 is 0. The highest BCUT2D eigenvalue weighted by atomic mass is 15.3. The lowest BCUT2D eigenvalue weighted by molar-refractivity contribution is 1.03. The molecular weight excluding hydrogens is 176 g/mol. The van der Waals surface area contributed by atoms with Gasteiger partial charge < -0.3 is 5.73 Å². The summed E-state index contributed by atoms with van der Waals surface area (Å²) in [5.74, 6) is 0.419. The molecule has 2 N–H and O–H groups in total. The van der Waals surface area contributed by atoms with Crippen molar-refractivity contribution < 1.29 is 0 Å². The van der Waals surface area contributed by atoms with Crippen molar-refractivity contribution in [2.45, 2.75) is 13.8 Å². The number of aryl methyl sites for hydroxylation is 2. The van der Waals surface area contributed by atoms with E-state index in [0.717, 1.165) is 16.8 Å². The standard InChI is InChI=1S/C10H12N4/c1-7-4-3-5-8(2)9(7)14-6-12-13-10(14)11/h3-6H,1-2H3,(H2,11,13). The zero-order valence-corrected chi connectivity index (χ0v) is 8.23. The molecule has 0 radical (unpaired) electrons. The maximum Gasteiger partial charge on any atom is 0.226 e. The summed E-state index contributed by atoms with van der Waals surface area (Å²) < 4.78 is 1.80. The normalized spacial score (nSPS) is 10.4. The van der Waals surface area contributed by atoms with Gasteiger partial charge in [0.15, 0.2) is 0 Å². The van der Waals surface area contributed by atoms with Gasteiger partial charge in [-0.1, -0.05) is 18.2 Å². The van der Waals surface area contributed by atoms with Crippen LogP contribution in [0.15, 0.2) is 24.5 Å². The molecule has 2 rings (SSSR count). The molecule has 0 aliphatic heterocycles. The third-order valence-electron chi connectivity index (χ3n) is 2.25. The molecular formula is C10H12N4. The summed E-state index contributed by atoms with van der Waals surface area (Å²) in [4.78, 5) is 0. The molecule has 1 heterocycles. The SMILES string of the molecule is Cc1cccc(C)c1-n1cnnc1N. The Bertz CT molecular complexity index is 439. The van der Waals surface area contributed by atoms with E-state index in [1.165, 1.54) is 0 Å². The van der Waals surface area contributed by atoms with Gasteiger partial charge in [-0.2, -0.15) is 0 Å². The average molecular weight is 188 g/mol. The fourth-order valence-electron chi connectivity index (χ4n) is 1.60. The highest BCUT2D eigenvalue weighted by Crippen LogP contribution is 2.19. The second-order valence-electron chi connectivity index (χ2n) is 3.30. The number of nitrogen functional groups attached to an aromatic ring is 1. The summed E-state index contributed by atoms with van der Waals surface area (Å²) in [5, 5.41) is 7.53. The molecule has 0 saturated carbocycles. The first-order valence-electron chi connectivity index (χ1n) is 4.42. The topological polar surface area (TPSA) is 56.7 Å². The second kappa shape index (κ2) is 3.14. The largest absolute Gasteiger partial charge is 0.368 e. The predicted molar refractivity (Wildman–Crippen MR) is 55.2 cm³/mol. The van der Waals surface area contributed by atoms with E-state index in [1.54, 1.807) is 10.9 Å². The van der Waals surface area contributed by atoms with Crippen LogP contribution in [0.25, 0.3) is 5.69 Å². The van der Waals surface area contributed by atoms with Crippen LogP contribution in [-0.4, -0.2) is 14.8 Å². The van der Waals surface area contributed by atoms with Crippen LogP contribution >= 0.6 is 0 Å². The lowest BCUT2D eigenvalue weighted by atomic mass is 10.1. The monoisotopic (exact) mass is 188 g/mol. The average Bonchev–Trinajstić information content (AvgIpc) is 2.52. The Balaban J connectivity index is 2.68. The van der Waals surface area contributed by atoms with Crippen molar-refractivity contribution >= 4 is 5.95 Å². The number of rotatable bonds is 1. The molecule has 0 unspecified atom stereocenters. The van der Waals surface area contributed by atoms with Crippen molar-refractivity contribution in [3.63, 3.8) is 0 Å². The maximum atomic E-state index is 5.70. The van der Waals surface area contributed by atoms with Gasteiger partial charge in [-0.25, -0.2) is 0 Å². The van der Waals surface area contributed by atoms with Crippen LogP contribution in [0.5, 0.6) is 0 Å². The minimum absolute atomic E-state index is 0.419. The van der Waals surface area contributed by atoms with Crippen LogP contribution in [0.3, 0.4) is 0 Å². The number of hydrogen-bond acceptors (Lipinski definition) is 3. The molecule has 1 aromatic carbocycles. The fraction of sp³-hybridized carbons (Fsp3) is 0.200. The van der Waals surface area contributed by atoms with Crippen molar-refractivity contribution in [2.24, 2.45) is 0 Å². The summed E-state index contributed by atoms with van der Waals surface area (Å²) in [5.41, 5.74) is 9.09. The molecule has 2 aromatic rings. The van der Waals surface area contributed by atoms with Gasteiger partial charge in [-0.15, -0.1) is 10.2 Å². The van der Waals surface area contributed by atoms with Crippen LogP contribution in [-0.2, 0) is 0 Å². The van der Waals surface area contributed by atoms with Gasteiger partial charge in [-0.3, -0.25) is 4.57 Å². The van der Waals surface area contributed by atoms with Crippen molar-refractivity contribution in [3.8, 4) is 5.69 Å². The molecule has 0 spiro atoms. The van der Waals surface area contributed by atoms with Crippen molar-refractivity contribution in [1.82, 2.24) is 14.8 Å². The molecule has 0 aliphatic rings. The van der Waals surface area contributed by atoms with Gasteiger partial charge in [0.1, 0.15) is 6.33 Å². The minimum Gasteiger partial charge on any atom is -0.368 e.